The van der Waals surface area contributed by atoms with E-state index in [1.165, 1.54) is 17.0 Å². The van der Waals surface area contributed by atoms with Gasteiger partial charge >= 0.3 is 0 Å². The van der Waals surface area contributed by atoms with Gasteiger partial charge in [0, 0.05) is 12.5 Å². The van der Waals surface area contributed by atoms with E-state index in [0.29, 0.717) is 31.7 Å². The predicted octanol–water partition coefficient (Wildman–Crippen LogP) is 5.91. The molecule has 4 atom stereocenters. The summed E-state index contributed by atoms with van der Waals surface area (Å²) < 4.78 is 26.3. The van der Waals surface area contributed by atoms with Gasteiger partial charge in [0.15, 0.2) is 11.6 Å². The first-order valence-corrected chi connectivity index (χ1v) is 14.0. The third kappa shape index (κ3) is 5.50. The lowest BCUT2D eigenvalue weighted by atomic mass is 9.69. The van der Waals surface area contributed by atoms with Crippen LogP contribution in [0.3, 0.4) is 0 Å². The number of carbonyl (C=O) groups excluding carboxylic acids is 2. The Bertz CT molecular complexity index is 1290. The number of para-hydroxylation sites is 1. The molecule has 2 amide bonds. The Labute approximate surface area is 229 Å². The third-order valence-electron chi connectivity index (χ3n) is 8.23. The van der Waals surface area contributed by atoms with E-state index < -0.39 is 5.82 Å². The van der Waals surface area contributed by atoms with Crippen molar-refractivity contribution in [2.45, 2.75) is 52.1 Å². The standard InChI is InChI=1S/C32H36FNO5/c1-3-14-34-31(36)24-17-22(18-38-23-8-6-5-7-9-23)29-25(30(24)32(34)37)19-39-28(29)13-11-20(4-2)15-21-10-12-27(35)26(33)16-21/h5-10,12,15-16,24-25,28,30,35H,3-4,11,13-14,17-19H2,1-2H3/b20-15+/t24-,25+,28-,30-/m1/s1. The number of carbonyl (C=O) groups is 2. The van der Waals surface area contributed by atoms with Gasteiger partial charge in [-0.1, -0.05) is 49.8 Å². The number of hydrogen-bond acceptors (Lipinski definition) is 5. The fourth-order valence-electron chi connectivity index (χ4n) is 6.32. The number of aromatic hydroxyl groups is 1. The van der Waals surface area contributed by atoms with E-state index in [4.69, 9.17) is 9.47 Å². The number of phenols is 1. The molecule has 2 fully saturated rings. The fourth-order valence-corrected chi connectivity index (χ4v) is 6.32. The highest BCUT2D eigenvalue weighted by atomic mass is 19.1. The van der Waals surface area contributed by atoms with Gasteiger partial charge in [-0.2, -0.15) is 0 Å². The number of allylic oxidation sites excluding steroid dienone is 1. The van der Waals surface area contributed by atoms with Crippen LogP contribution in [0.1, 0.15) is 51.5 Å². The maximum Gasteiger partial charge on any atom is 0.233 e. The predicted molar refractivity (Wildman–Crippen MR) is 146 cm³/mol. The van der Waals surface area contributed by atoms with Crippen molar-refractivity contribution in [2.75, 3.05) is 19.8 Å². The zero-order chi connectivity index (χ0) is 27.5. The number of amides is 2. The summed E-state index contributed by atoms with van der Waals surface area (Å²) in [7, 11) is 0. The van der Waals surface area contributed by atoms with Crippen LogP contribution in [-0.2, 0) is 14.3 Å². The van der Waals surface area contributed by atoms with Crippen molar-refractivity contribution in [2.24, 2.45) is 17.8 Å². The van der Waals surface area contributed by atoms with E-state index in [1.54, 1.807) is 6.07 Å². The SMILES string of the molecule is CCCN1C(=O)[C@@H]2[C@@H](CC(COc3ccccc3)=C3[C@@H](CC/C(=C/c4ccc(O)c(F)c4)CC)OC[C@@H]32)C1=O. The van der Waals surface area contributed by atoms with Gasteiger partial charge in [-0.15, -0.1) is 0 Å². The molecular formula is C32H36FNO5. The minimum atomic E-state index is -0.640. The Morgan fingerprint density at radius 3 is 2.64 bits per heavy atom. The van der Waals surface area contributed by atoms with Crippen LogP contribution in [0.4, 0.5) is 4.39 Å². The minimum absolute atomic E-state index is 0.0647. The van der Waals surface area contributed by atoms with E-state index in [1.807, 2.05) is 43.3 Å². The third-order valence-corrected chi connectivity index (χ3v) is 8.23. The number of hydrogen-bond donors (Lipinski definition) is 1. The van der Waals surface area contributed by atoms with Crippen LogP contribution in [0.15, 0.2) is 65.3 Å². The number of fused-ring (bicyclic) bond motifs is 3. The van der Waals surface area contributed by atoms with Gasteiger partial charge in [-0.25, -0.2) is 4.39 Å². The molecule has 2 aromatic carbocycles. The van der Waals surface area contributed by atoms with E-state index in [2.05, 4.69) is 6.92 Å². The summed E-state index contributed by atoms with van der Waals surface area (Å²) in [6.07, 6.45) is 5.31. The Hall–Kier alpha value is -3.45. The molecule has 0 radical (unpaired) electrons. The second-order valence-electron chi connectivity index (χ2n) is 10.7. The summed E-state index contributed by atoms with van der Waals surface area (Å²) in [5, 5.41) is 9.50. The Kier molecular flexibility index (Phi) is 8.17. The number of nitrogens with zero attached hydrogens (tertiary/aromatic N) is 1. The van der Waals surface area contributed by atoms with Crippen molar-refractivity contribution in [3.05, 3.63) is 76.6 Å². The summed E-state index contributed by atoms with van der Waals surface area (Å²) in [5.74, 6) is -1.22. The van der Waals surface area contributed by atoms with E-state index in [-0.39, 0.29) is 41.4 Å². The van der Waals surface area contributed by atoms with Crippen LogP contribution in [0.5, 0.6) is 11.5 Å². The average molecular weight is 534 g/mol. The molecule has 6 nitrogen and oxygen atoms in total. The number of imide groups is 1. The lowest BCUT2D eigenvalue weighted by Gasteiger charge is -2.31. The maximum absolute atomic E-state index is 13.9. The molecule has 39 heavy (non-hydrogen) atoms. The van der Waals surface area contributed by atoms with Crippen LogP contribution >= 0.6 is 0 Å². The van der Waals surface area contributed by atoms with Crippen molar-refractivity contribution < 1.29 is 28.6 Å². The summed E-state index contributed by atoms with van der Waals surface area (Å²) >= 11 is 0. The van der Waals surface area contributed by atoms with Gasteiger partial charge < -0.3 is 14.6 Å². The van der Waals surface area contributed by atoms with Gasteiger partial charge in [0.2, 0.25) is 11.8 Å². The number of phenolic OH excluding ortho intramolecular Hbond substituents is 1. The first-order valence-electron chi connectivity index (χ1n) is 14.0. The number of halogens is 1. The summed E-state index contributed by atoms with van der Waals surface area (Å²) in [5.41, 5.74) is 4.03. The van der Waals surface area contributed by atoms with Crippen LogP contribution in [-0.4, -0.2) is 47.7 Å². The molecule has 2 aliphatic heterocycles. The zero-order valence-electron chi connectivity index (χ0n) is 22.6. The molecule has 0 saturated carbocycles. The molecule has 1 N–H and O–H groups in total. The molecule has 2 aromatic rings. The van der Waals surface area contributed by atoms with Crippen molar-refractivity contribution in [1.29, 1.82) is 0 Å². The normalized spacial score (nSPS) is 24.8. The molecule has 1 aliphatic carbocycles. The molecule has 0 aromatic heterocycles. The van der Waals surface area contributed by atoms with Gasteiger partial charge in [0.25, 0.3) is 0 Å². The highest BCUT2D eigenvalue weighted by Gasteiger charge is 2.56. The van der Waals surface area contributed by atoms with Gasteiger partial charge in [-0.05, 0) is 73.1 Å². The van der Waals surface area contributed by atoms with E-state index in [9.17, 15) is 19.1 Å². The van der Waals surface area contributed by atoms with Crippen molar-refractivity contribution in [1.82, 2.24) is 4.90 Å². The summed E-state index contributed by atoms with van der Waals surface area (Å²) in [4.78, 5) is 28.1. The fraction of sp³-hybridized carbons (Fsp3) is 0.438. The van der Waals surface area contributed by atoms with Crippen LogP contribution in [0.2, 0.25) is 0 Å². The topological polar surface area (TPSA) is 76.1 Å². The molecule has 0 bridgehead atoms. The smallest absolute Gasteiger partial charge is 0.233 e. The molecule has 5 rings (SSSR count). The first-order chi connectivity index (χ1) is 18.9. The largest absolute Gasteiger partial charge is 0.505 e. The van der Waals surface area contributed by atoms with Crippen LogP contribution < -0.4 is 4.74 Å². The lowest BCUT2D eigenvalue weighted by Crippen LogP contribution is -2.35. The van der Waals surface area contributed by atoms with Gasteiger partial charge in [0.05, 0.1) is 24.5 Å². The van der Waals surface area contributed by atoms with Gasteiger partial charge in [0.1, 0.15) is 12.4 Å². The molecule has 2 saturated heterocycles. The first kappa shape index (κ1) is 27.1. The lowest BCUT2D eigenvalue weighted by molar-refractivity contribution is -0.140. The van der Waals surface area contributed by atoms with E-state index >= 15 is 0 Å². The number of ether oxygens (including phenoxy) is 2. The number of rotatable bonds is 10. The monoisotopic (exact) mass is 533 g/mol. The van der Waals surface area contributed by atoms with E-state index in [0.717, 1.165) is 48.2 Å². The minimum Gasteiger partial charge on any atom is -0.505 e. The molecule has 206 valence electrons. The number of likely N-dealkylation sites (tertiary alicyclic amines) is 1. The van der Waals surface area contributed by atoms with Crippen molar-refractivity contribution in [3.8, 4) is 11.5 Å². The maximum atomic E-state index is 13.9. The second-order valence-corrected chi connectivity index (χ2v) is 10.7. The molecule has 0 unspecified atom stereocenters. The van der Waals surface area contributed by atoms with Crippen LogP contribution in [0.25, 0.3) is 6.08 Å². The Morgan fingerprint density at radius 1 is 1.13 bits per heavy atom. The second kappa shape index (κ2) is 11.7. The molecular weight excluding hydrogens is 497 g/mol. The zero-order valence-corrected chi connectivity index (χ0v) is 22.6. The highest BCUT2D eigenvalue weighted by molar-refractivity contribution is 6.06. The number of benzene rings is 2. The molecule has 2 heterocycles. The van der Waals surface area contributed by atoms with Crippen LogP contribution in [0, 0.1) is 23.6 Å². The summed E-state index contributed by atoms with van der Waals surface area (Å²) in [6, 6.07) is 14.0. The molecule has 0 spiro atoms. The Morgan fingerprint density at radius 2 is 1.92 bits per heavy atom. The molecule has 7 heteroatoms. The Balaban J connectivity index is 1.39. The average Bonchev–Trinajstić information content (AvgIpc) is 3.47. The quantitative estimate of drug-likeness (QED) is 0.304. The summed E-state index contributed by atoms with van der Waals surface area (Å²) in [6.45, 7) is 5.28. The van der Waals surface area contributed by atoms with Crippen molar-refractivity contribution >= 4 is 17.9 Å². The highest BCUT2D eigenvalue weighted by Crippen LogP contribution is 2.50. The van der Waals surface area contributed by atoms with Gasteiger partial charge in [-0.3, -0.25) is 14.5 Å². The molecule has 3 aliphatic rings. The van der Waals surface area contributed by atoms with Crippen molar-refractivity contribution in [3.63, 3.8) is 0 Å².